The first-order valence-electron chi connectivity index (χ1n) is 15.1. The molecule has 0 saturated heterocycles. The lowest BCUT2D eigenvalue weighted by Gasteiger charge is -2.25. The largest absolute Gasteiger partial charge is 0.497 e. The summed E-state index contributed by atoms with van der Waals surface area (Å²) in [6.45, 7) is 4.10. The Morgan fingerprint density at radius 1 is 0.711 bits per heavy atom. The van der Waals surface area contributed by atoms with E-state index >= 15 is 0 Å². The van der Waals surface area contributed by atoms with E-state index in [1.54, 1.807) is 26.4 Å². The summed E-state index contributed by atoms with van der Waals surface area (Å²) in [6, 6.07) is 31.4. The molecule has 8 heteroatoms. The molecule has 5 rings (SSSR count). The van der Waals surface area contributed by atoms with Gasteiger partial charge in [-0.05, 0) is 35.7 Å². The van der Waals surface area contributed by atoms with Crippen LogP contribution in [-0.2, 0) is 32.4 Å². The molecule has 0 radical (unpaired) electrons. The van der Waals surface area contributed by atoms with E-state index in [9.17, 15) is 13.2 Å². The van der Waals surface area contributed by atoms with E-state index in [2.05, 4.69) is 40.7 Å². The van der Waals surface area contributed by atoms with E-state index in [0.29, 0.717) is 30.2 Å². The van der Waals surface area contributed by atoms with Crippen molar-refractivity contribution in [2.75, 3.05) is 14.2 Å². The number of unbranched alkanes of at least 4 members (excludes halogenated alkanes) is 1. The minimum absolute atomic E-state index is 0.289. The van der Waals surface area contributed by atoms with Crippen LogP contribution in [0.5, 0.6) is 11.5 Å². The van der Waals surface area contributed by atoms with E-state index in [1.165, 1.54) is 12.1 Å². The molecule has 0 aliphatic rings. The number of rotatable bonds is 13. The van der Waals surface area contributed by atoms with Crippen molar-refractivity contribution < 1.29 is 22.6 Å². The predicted octanol–water partition coefficient (Wildman–Crippen LogP) is 9.26. The fraction of sp³-hybridized carbons (Fsp3) is 0.270. The summed E-state index contributed by atoms with van der Waals surface area (Å²) >= 11 is 0. The van der Waals surface area contributed by atoms with Gasteiger partial charge in [-0.25, -0.2) is 4.98 Å². The van der Waals surface area contributed by atoms with Gasteiger partial charge in [0.25, 0.3) is 0 Å². The van der Waals surface area contributed by atoms with Gasteiger partial charge in [-0.3, -0.25) is 4.90 Å². The molecule has 4 aromatic carbocycles. The lowest BCUT2D eigenvalue weighted by atomic mass is 10.1. The van der Waals surface area contributed by atoms with Crippen LogP contribution < -0.4 is 9.47 Å². The number of aromatic nitrogens is 2. The van der Waals surface area contributed by atoms with Gasteiger partial charge >= 0.3 is 6.18 Å². The number of hydrogen-bond donors (Lipinski definition) is 0. The Labute approximate surface area is 262 Å². The van der Waals surface area contributed by atoms with E-state index in [4.69, 9.17) is 14.5 Å². The third-order valence-electron chi connectivity index (χ3n) is 7.74. The molecule has 0 N–H and O–H groups in total. The highest BCUT2D eigenvalue weighted by Gasteiger charge is 2.30. The third kappa shape index (κ3) is 7.94. The number of nitrogens with zero attached hydrogens (tertiary/aromatic N) is 3. The third-order valence-corrected chi connectivity index (χ3v) is 7.74. The summed E-state index contributed by atoms with van der Waals surface area (Å²) in [5, 5.41) is 0. The van der Waals surface area contributed by atoms with Gasteiger partial charge in [-0.1, -0.05) is 92.2 Å². The molecule has 0 spiro atoms. The highest BCUT2D eigenvalue weighted by atomic mass is 19.4. The number of hydrogen-bond acceptors (Lipinski definition) is 4. The average molecular weight is 614 g/mol. The van der Waals surface area contributed by atoms with Crippen LogP contribution in [0.3, 0.4) is 0 Å². The Morgan fingerprint density at radius 3 is 1.93 bits per heavy atom. The zero-order chi connectivity index (χ0) is 31.8. The van der Waals surface area contributed by atoms with Crippen LogP contribution >= 0.6 is 0 Å². The minimum Gasteiger partial charge on any atom is -0.497 e. The van der Waals surface area contributed by atoms with Crippen molar-refractivity contribution in [2.24, 2.45) is 0 Å². The maximum atomic E-state index is 13.7. The molecular formula is C37H38F3N3O2. The molecule has 0 aliphatic heterocycles. The van der Waals surface area contributed by atoms with Gasteiger partial charge in [-0.2, -0.15) is 13.2 Å². The van der Waals surface area contributed by atoms with Crippen molar-refractivity contribution in [2.45, 2.75) is 52.1 Å². The number of methoxy groups -OCH3 is 2. The molecule has 1 heterocycles. The van der Waals surface area contributed by atoms with Gasteiger partial charge < -0.3 is 14.0 Å². The molecule has 45 heavy (non-hydrogen) atoms. The van der Waals surface area contributed by atoms with Gasteiger partial charge in [-0.15, -0.1) is 0 Å². The monoisotopic (exact) mass is 613 g/mol. The second-order valence-corrected chi connectivity index (χ2v) is 11.0. The molecular weight excluding hydrogens is 575 g/mol. The molecule has 5 aromatic rings. The Hall–Kier alpha value is -4.56. The average Bonchev–Trinajstić information content (AvgIpc) is 3.41. The van der Waals surface area contributed by atoms with E-state index in [1.807, 2.05) is 48.5 Å². The van der Waals surface area contributed by atoms with E-state index in [0.717, 1.165) is 59.4 Å². The molecule has 234 valence electrons. The van der Waals surface area contributed by atoms with Crippen molar-refractivity contribution in [3.63, 3.8) is 0 Å². The fourth-order valence-electron chi connectivity index (χ4n) is 5.54. The summed E-state index contributed by atoms with van der Waals surface area (Å²) in [5.41, 5.74) is 4.71. The molecule has 0 aliphatic carbocycles. The van der Waals surface area contributed by atoms with Gasteiger partial charge in [0.05, 0.1) is 31.2 Å². The maximum Gasteiger partial charge on any atom is 0.416 e. The van der Waals surface area contributed by atoms with Crippen molar-refractivity contribution in [1.82, 2.24) is 14.5 Å². The van der Waals surface area contributed by atoms with Gasteiger partial charge in [0.1, 0.15) is 17.3 Å². The molecule has 0 unspecified atom stereocenters. The first-order valence-corrected chi connectivity index (χ1v) is 15.1. The highest BCUT2D eigenvalue weighted by Crippen LogP contribution is 2.34. The van der Waals surface area contributed by atoms with Crippen LogP contribution in [0.2, 0.25) is 0 Å². The quantitative estimate of drug-likeness (QED) is 0.133. The van der Waals surface area contributed by atoms with Crippen molar-refractivity contribution >= 4 is 0 Å². The fourth-order valence-corrected chi connectivity index (χ4v) is 5.54. The molecule has 0 fully saturated rings. The normalized spacial score (nSPS) is 11.6. The van der Waals surface area contributed by atoms with Gasteiger partial charge in [0, 0.05) is 43.4 Å². The molecule has 0 bridgehead atoms. The van der Waals surface area contributed by atoms with Gasteiger partial charge in [0.15, 0.2) is 0 Å². The van der Waals surface area contributed by atoms with E-state index < -0.39 is 11.7 Å². The summed E-state index contributed by atoms with van der Waals surface area (Å²) in [4.78, 5) is 7.38. The summed E-state index contributed by atoms with van der Waals surface area (Å²) in [5.74, 6) is 2.17. The number of benzene rings is 4. The lowest BCUT2D eigenvalue weighted by Crippen LogP contribution is -2.25. The second kappa shape index (κ2) is 14.5. The molecule has 0 atom stereocenters. The lowest BCUT2D eigenvalue weighted by molar-refractivity contribution is -0.137. The topological polar surface area (TPSA) is 39.5 Å². The van der Waals surface area contributed by atoms with Crippen LogP contribution in [0.4, 0.5) is 13.2 Å². The van der Waals surface area contributed by atoms with Crippen LogP contribution in [0.25, 0.3) is 22.6 Å². The smallest absolute Gasteiger partial charge is 0.416 e. The maximum absolute atomic E-state index is 13.7. The number of alkyl halides is 3. The molecule has 0 saturated carbocycles. The SMILES string of the molecule is CCCCn1c(-c2ccccc2)nc(-c2ccccc2)c1CN(Cc1cc(OC)cc(OC)c1)Cc1cccc(C(F)(F)F)c1. The number of ether oxygens (including phenoxy) is 2. The molecule has 1 aromatic heterocycles. The Morgan fingerprint density at radius 2 is 1.33 bits per heavy atom. The second-order valence-electron chi connectivity index (χ2n) is 11.0. The zero-order valence-electron chi connectivity index (χ0n) is 25.8. The first kappa shape index (κ1) is 31.9. The van der Waals surface area contributed by atoms with Crippen molar-refractivity contribution in [1.29, 1.82) is 0 Å². The highest BCUT2D eigenvalue weighted by molar-refractivity contribution is 5.68. The summed E-state index contributed by atoms with van der Waals surface area (Å²) < 4.78 is 54.4. The summed E-state index contributed by atoms with van der Waals surface area (Å²) in [6.07, 6.45) is -2.47. The summed E-state index contributed by atoms with van der Waals surface area (Å²) in [7, 11) is 3.20. The zero-order valence-corrected chi connectivity index (χ0v) is 25.8. The van der Waals surface area contributed by atoms with Crippen molar-refractivity contribution in [3.05, 3.63) is 126 Å². The standard InChI is InChI=1S/C37H38F3N3O2/c1-4-5-19-43-34(35(29-14-8-6-9-15-29)41-36(43)30-16-10-7-11-17-30)26-42(24-27-13-12-18-31(20-27)37(38,39)40)25-28-21-32(44-2)23-33(22-28)45-3/h6-18,20-23H,4-5,19,24-26H2,1-3H3. The number of imidazole rings is 1. The number of halogens is 3. The minimum atomic E-state index is -4.43. The Bertz CT molecular complexity index is 1660. The van der Waals surface area contributed by atoms with Crippen LogP contribution in [0.15, 0.2) is 103 Å². The Kier molecular flexibility index (Phi) is 10.2. The van der Waals surface area contributed by atoms with Crippen molar-refractivity contribution in [3.8, 4) is 34.1 Å². The van der Waals surface area contributed by atoms with Gasteiger partial charge in [0.2, 0.25) is 0 Å². The predicted molar refractivity (Wildman–Crippen MR) is 172 cm³/mol. The van der Waals surface area contributed by atoms with Crippen LogP contribution in [0.1, 0.15) is 42.1 Å². The molecule has 0 amide bonds. The first-order chi connectivity index (χ1) is 21.8. The molecule has 5 nitrogen and oxygen atoms in total. The van der Waals surface area contributed by atoms with E-state index in [-0.39, 0.29) is 6.54 Å². The Balaban J connectivity index is 1.64. The van der Waals surface area contributed by atoms with Crippen LogP contribution in [-0.4, -0.2) is 28.7 Å². The van der Waals surface area contributed by atoms with Crippen LogP contribution in [0, 0.1) is 0 Å².